The summed E-state index contributed by atoms with van der Waals surface area (Å²) in [5.74, 6) is -0.342. The van der Waals surface area contributed by atoms with E-state index in [2.05, 4.69) is 5.32 Å². The molecule has 0 aliphatic heterocycles. The molecule has 2 rings (SSSR count). The number of carbonyl (C=O) groups is 2. The van der Waals surface area contributed by atoms with Crippen molar-refractivity contribution < 1.29 is 14.7 Å². The van der Waals surface area contributed by atoms with Gasteiger partial charge in [-0.2, -0.15) is 0 Å². The lowest BCUT2D eigenvalue weighted by atomic mass is 10.1. The Kier molecular flexibility index (Phi) is 5.60. The van der Waals surface area contributed by atoms with Gasteiger partial charge in [0.2, 0.25) is 0 Å². The van der Waals surface area contributed by atoms with E-state index in [0.717, 1.165) is 5.69 Å². The van der Waals surface area contributed by atoms with Crippen molar-refractivity contribution in [2.75, 3.05) is 18.0 Å². The summed E-state index contributed by atoms with van der Waals surface area (Å²) in [7, 11) is 0. The monoisotopic (exact) mass is 290 g/mol. The SMILES string of the molecule is O=C(O)CCN(C(=O)NCC1CCCC1)c1ccccc1. The standard InChI is InChI=1S/C16H22N2O3/c19-15(20)10-11-18(14-8-2-1-3-9-14)16(21)17-12-13-6-4-5-7-13/h1-3,8-9,13H,4-7,10-12H2,(H,17,21)(H,19,20). The van der Waals surface area contributed by atoms with Crippen molar-refractivity contribution in [2.45, 2.75) is 32.1 Å². The first-order valence-electron chi connectivity index (χ1n) is 7.49. The summed E-state index contributed by atoms with van der Waals surface area (Å²) >= 11 is 0. The van der Waals surface area contributed by atoms with Crippen LogP contribution in [0.4, 0.5) is 10.5 Å². The summed E-state index contributed by atoms with van der Waals surface area (Å²) < 4.78 is 0. The van der Waals surface area contributed by atoms with Crippen molar-refractivity contribution >= 4 is 17.7 Å². The van der Waals surface area contributed by atoms with Crippen LogP contribution in [0.1, 0.15) is 32.1 Å². The summed E-state index contributed by atoms with van der Waals surface area (Å²) in [5, 5.41) is 11.8. The molecule has 5 nitrogen and oxygen atoms in total. The number of carboxylic acid groups (broad SMARTS) is 1. The van der Waals surface area contributed by atoms with E-state index in [0.29, 0.717) is 12.5 Å². The molecule has 0 aromatic heterocycles. The van der Waals surface area contributed by atoms with Crippen molar-refractivity contribution in [3.05, 3.63) is 30.3 Å². The van der Waals surface area contributed by atoms with Gasteiger partial charge >= 0.3 is 12.0 Å². The first kappa shape index (κ1) is 15.4. The molecule has 2 amide bonds. The molecule has 2 N–H and O–H groups in total. The molecule has 0 heterocycles. The number of hydrogen-bond donors (Lipinski definition) is 2. The van der Waals surface area contributed by atoms with Crippen molar-refractivity contribution in [3.63, 3.8) is 0 Å². The second kappa shape index (κ2) is 7.67. The van der Waals surface area contributed by atoms with Crippen LogP contribution >= 0.6 is 0 Å². The average molecular weight is 290 g/mol. The fraction of sp³-hybridized carbons (Fsp3) is 0.500. The Bertz CT molecular complexity index is 470. The van der Waals surface area contributed by atoms with E-state index in [4.69, 9.17) is 5.11 Å². The summed E-state index contributed by atoms with van der Waals surface area (Å²) in [6.45, 7) is 0.852. The highest BCUT2D eigenvalue weighted by atomic mass is 16.4. The lowest BCUT2D eigenvalue weighted by molar-refractivity contribution is -0.136. The molecule has 0 unspecified atom stereocenters. The van der Waals surface area contributed by atoms with E-state index in [1.54, 1.807) is 0 Å². The van der Waals surface area contributed by atoms with Gasteiger partial charge in [-0.15, -0.1) is 0 Å². The van der Waals surface area contributed by atoms with Crippen LogP contribution in [0, 0.1) is 5.92 Å². The smallest absolute Gasteiger partial charge is 0.321 e. The fourth-order valence-corrected chi connectivity index (χ4v) is 2.70. The van der Waals surface area contributed by atoms with Crippen molar-refractivity contribution in [3.8, 4) is 0 Å². The lowest BCUT2D eigenvalue weighted by Crippen LogP contribution is -2.42. The molecule has 1 aliphatic carbocycles. The highest BCUT2D eigenvalue weighted by Gasteiger charge is 2.20. The second-order valence-electron chi connectivity index (χ2n) is 5.47. The summed E-state index contributed by atoms with van der Waals surface area (Å²) in [6.07, 6.45) is 4.75. The third-order valence-electron chi connectivity index (χ3n) is 3.88. The quantitative estimate of drug-likeness (QED) is 0.846. The van der Waals surface area contributed by atoms with Gasteiger partial charge in [0.15, 0.2) is 0 Å². The topological polar surface area (TPSA) is 69.6 Å². The molecule has 0 spiro atoms. The Morgan fingerprint density at radius 1 is 1.19 bits per heavy atom. The van der Waals surface area contributed by atoms with Gasteiger partial charge in [0, 0.05) is 18.8 Å². The Labute approximate surface area is 125 Å². The van der Waals surface area contributed by atoms with E-state index in [-0.39, 0.29) is 19.0 Å². The molecule has 1 aliphatic rings. The first-order chi connectivity index (χ1) is 10.2. The second-order valence-corrected chi connectivity index (χ2v) is 5.47. The van der Waals surface area contributed by atoms with Gasteiger partial charge in [0.05, 0.1) is 6.42 Å². The number of nitrogens with zero attached hydrogens (tertiary/aromatic N) is 1. The number of carbonyl (C=O) groups excluding carboxylic acids is 1. The predicted molar refractivity (Wildman–Crippen MR) is 81.4 cm³/mol. The Morgan fingerprint density at radius 3 is 2.48 bits per heavy atom. The number of urea groups is 1. The number of amides is 2. The van der Waals surface area contributed by atoms with Gasteiger partial charge in [0.1, 0.15) is 0 Å². The van der Waals surface area contributed by atoms with Crippen LogP contribution in [0.5, 0.6) is 0 Å². The number of para-hydroxylation sites is 1. The fourth-order valence-electron chi connectivity index (χ4n) is 2.70. The maximum atomic E-state index is 12.3. The molecule has 0 atom stereocenters. The van der Waals surface area contributed by atoms with E-state index < -0.39 is 5.97 Å². The minimum Gasteiger partial charge on any atom is -0.481 e. The Balaban J connectivity index is 1.96. The summed E-state index contributed by atoms with van der Waals surface area (Å²) in [4.78, 5) is 24.6. The highest BCUT2D eigenvalue weighted by Crippen LogP contribution is 2.24. The van der Waals surface area contributed by atoms with Crippen LogP contribution in [0.2, 0.25) is 0 Å². The number of rotatable bonds is 6. The maximum Gasteiger partial charge on any atom is 0.321 e. The molecule has 0 radical (unpaired) electrons. The van der Waals surface area contributed by atoms with Crippen LogP contribution in [0.3, 0.4) is 0 Å². The van der Waals surface area contributed by atoms with Gasteiger partial charge < -0.3 is 10.4 Å². The molecule has 1 saturated carbocycles. The van der Waals surface area contributed by atoms with E-state index >= 15 is 0 Å². The molecule has 21 heavy (non-hydrogen) atoms. The third kappa shape index (κ3) is 4.77. The zero-order valence-electron chi connectivity index (χ0n) is 12.1. The number of carboxylic acids is 1. The van der Waals surface area contributed by atoms with E-state index in [1.807, 2.05) is 30.3 Å². The Morgan fingerprint density at radius 2 is 1.86 bits per heavy atom. The molecule has 1 fully saturated rings. The molecule has 1 aromatic rings. The van der Waals surface area contributed by atoms with Crippen molar-refractivity contribution in [1.82, 2.24) is 5.32 Å². The number of aliphatic carboxylic acids is 1. The molecule has 0 saturated heterocycles. The largest absolute Gasteiger partial charge is 0.481 e. The number of anilines is 1. The minimum atomic E-state index is -0.903. The molecular weight excluding hydrogens is 268 g/mol. The summed E-state index contributed by atoms with van der Waals surface area (Å²) in [6, 6.07) is 8.97. The van der Waals surface area contributed by atoms with Gasteiger partial charge in [0.25, 0.3) is 0 Å². The van der Waals surface area contributed by atoms with Gasteiger partial charge in [-0.05, 0) is 30.9 Å². The van der Waals surface area contributed by atoms with Crippen LogP contribution in [-0.4, -0.2) is 30.2 Å². The van der Waals surface area contributed by atoms with Crippen LogP contribution in [0.15, 0.2) is 30.3 Å². The normalized spacial score (nSPS) is 14.9. The maximum absolute atomic E-state index is 12.3. The van der Waals surface area contributed by atoms with E-state index in [1.165, 1.54) is 30.6 Å². The lowest BCUT2D eigenvalue weighted by Gasteiger charge is -2.23. The van der Waals surface area contributed by atoms with Crippen LogP contribution < -0.4 is 10.2 Å². The average Bonchev–Trinajstić information content (AvgIpc) is 2.99. The molecule has 1 aromatic carbocycles. The van der Waals surface area contributed by atoms with E-state index in [9.17, 15) is 9.59 Å². The number of nitrogens with one attached hydrogen (secondary N) is 1. The molecular formula is C16H22N2O3. The molecule has 114 valence electrons. The minimum absolute atomic E-state index is 0.0637. The zero-order chi connectivity index (χ0) is 15.1. The third-order valence-corrected chi connectivity index (χ3v) is 3.88. The van der Waals surface area contributed by atoms with Gasteiger partial charge in [-0.3, -0.25) is 9.69 Å². The van der Waals surface area contributed by atoms with Crippen molar-refractivity contribution in [2.24, 2.45) is 5.92 Å². The van der Waals surface area contributed by atoms with Crippen molar-refractivity contribution in [1.29, 1.82) is 0 Å². The van der Waals surface area contributed by atoms with Gasteiger partial charge in [-0.25, -0.2) is 4.79 Å². The number of hydrogen-bond acceptors (Lipinski definition) is 2. The summed E-state index contributed by atoms with van der Waals surface area (Å²) in [5.41, 5.74) is 0.725. The van der Waals surface area contributed by atoms with Crippen LogP contribution in [0.25, 0.3) is 0 Å². The highest BCUT2D eigenvalue weighted by molar-refractivity contribution is 5.92. The van der Waals surface area contributed by atoms with Gasteiger partial charge in [-0.1, -0.05) is 31.0 Å². The molecule has 0 bridgehead atoms. The number of benzene rings is 1. The predicted octanol–water partition coefficient (Wildman–Crippen LogP) is 2.87. The first-order valence-corrected chi connectivity index (χ1v) is 7.49. The zero-order valence-corrected chi connectivity index (χ0v) is 12.1. The Hall–Kier alpha value is -2.04. The molecule has 5 heteroatoms. The van der Waals surface area contributed by atoms with Crippen LogP contribution in [-0.2, 0) is 4.79 Å².